The molecule has 0 unspecified atom stereocenters. The molecule has 0 amide bonds. The second-order valence-corrected chi connectivity index (χ2v) is 12.7. The lowest BCUT2D eigenvalue weighted by atomic mass is 9.72. The number of benzene rings is 1. The van der Waals surface area contributed by atoms with Gasteiger partial charge in [-0.25, -0.2) is 4.98 Å². The number of likely N-dealkylation sites (N-methyl/N-ethyl adjacent to an activating group) is 1. The molecule has 3 fully saturated rings. The van der Waals surface area contributed by atoms with Crippen LogP contribution in [0.5, 0.6) is 5.75 Å². The molecule has 3 saturated heterocycles. The summed E-state index contributed by atoms with van der Waals surface area (Å²) in [5, 5.41) is 8.90. The number of hydrogen-bond acceptors (Lipinski definition) is 8. The molecule has 3 aliphatic rings. The summed E-state index contributed by atoms with van der Waals surface area (Å²) in [4.78, 5) is 22.9. The Labute approximate surface area is 230 Å². The first kappa shape index (κ1) is 25.3. The van der Waals surface area contributed by atoms with Crippen molar-refractivity contribution in [2.75, 3.05) is 64.8 Å². The topological polar surface area (TPSA) is 74.1 Å². The van der Waals surface area contributed by atoms with Crippen molar-refractivity contribution in [1.82, 2.24) is 24.5 Å². The highest BCUT2D eigenvalue weighted by molar-refractivity contribution is 9.10. The first-order valence-electron chi connectivity index (χ1n) is 13.2. The minimum absolute atomic E-state index is 0.0787. The Kier molecular flexibility index (Phi) is 7.28. The summed E-state index contributed by atoms with van der Waals surface area (Å²) in [5.74, 6) is 1.97. The summed E-state index contributed by atoms with van der Waals surface area (Å²) < 4.78 is 8.15. The van der Waals surface area contributed by atoms with Crippen molar-refractivity contribution in [1.29, 1.82) is 0 Å². The van der Waals surface area contributed by atoms with Gasteiger partial charge in [0.15, 0.2) is 4.96 Å². The van der Waals surface area contributed by atoms with E-state index in [4.69, 9.17) is 4.74 Å². The van der Waals surface area contributed by atoms with Crippen LogP contribution in [0, 0.1) is 5.41 Å². The average Bonchev–Trinajstić information content (AvgIpc) is 3.35. The molecule has 10 heteroatoms. The van der Waals surface area contributed by atoms with Crippen LogP contribution in [0.2, 0.25) is 0 Å². The fraction of sp³-hybridized carbons (Fsp3) is 0.556. The second-order valence-electron chi connectivity index (χ2n) is 11.0. The summed E-state index contributed by atoms with van der Waals surface area (Å²) >= 11 is 4.93. The van der Waals surface area contributed by atoms with Crippen LogP contribution in [-0.2, 0) is 0 Å². The van der Waals surface area contributed by atoms with Crippen molar-refractivity contribution < 1.29 is 4.74 Å². The number of piperidine rings is 2. The van der Waals surface area contributed by atoms with Gasteiger partial charge in [-0.3, -0.25) is 14.1 Å². The molecule has 1 aromatic carbocycles. The molecule has 0 aliphatic carbocycles. The maximum atomic E-state index is 12.7. The van der Waals surface area contributed by atoms with Gasteiger partial charge in [-0.1, -0.05) is 12.1 Å². The lowest BCUT2D eigenvalue weighted by molar-refractivity contribution is -0.0283. The predicted octanol–water partition coefficient (Wildman–Crippen LogP) is 3.48. The van der Waals surface area contributed by atoms with E-state index in [1.165, 1.54) is 55.9 Å². The average molecular weight is 588 g/mol. The molecule has 2 N–H and O–H groups in total. The van der Waals surface area contributed by atoms with Gasteiger partial charge in [-0.15, -0.1) is 11.3 Å². The van der Waals surface area contributed by atoms with Gasteiger partial charge in [0.1, 0.15) is 22.6 Å². The highest BCUT2D eigenvalue weighted by Gasteiger charge is 2.42. The lowest BCUT2D eigenvalue weighted by Crippen LogP contribution is -2.60. The molecule has 3 aromatic rings. The third-order valence-corrected chi connectivity index (χ3v) is 9.67. The van der Waals surface area contributed by atoms with E-state index in [0.717, 1.165) is 38.4 Å². The lowest BCUT2D eigenvalue weighted by Gasteiger charge is -2.52. The van der Waals surface area contributed by atoms with Gasteiger partial charge in [0.05, 0.1) is 0 Å². The monoisotopic (exact) mass is 586 g/mol. The van der Waals surface area contributed by atoms with E-state index in [0.29, 0.717) is 26.6 Å². The quantitative estimate of drug-likeness (QED) is 0.439. The van der Waals surface area contributed by atoms with E-state index < -0.39 is 0 Å². The summed E-state index contributed by atoms with van der Waals surface area (Å²) in [6.07, 6.45) is 5.37. The van der Waals surface area contributed by atoms with E-state index in [2.05, 4.69) is 72.7 Å². The summed E-state index contributed by atoms with van der Waals surface area (Å²) in [6.45, 7) is 8.45. The van der Waals surface area contributed by atoms with E-state index in [1.54, 1.807) is 10.6 Å². The number of fused-ring (bicyclic) bond motifs is 1. The molecule has 2 atom stereocenters. The molecular formula is C27H35BrN6O2S. The number of nitrogens with one attached hydrogen (secondary N) is 2. The number of halogens is 1. The van der Waals surface area contributed by atoms with E-state index in [1.807, 2.05) is 5.38 Å². The van der Waals surface area contributed by atoms with E-state index in [-0.39, 0.29) is 11.6 Å². The molecule has 3 aliphatic heterocycles. The van der Waals surface area contributed by atoms with Crippen LogP contribution in [0.25, 0.3) is 4.96 Å². The Morgan fingerprint density at radius 3 is 2.78 bits per heavy atom. The number of ether oxygens (including phenoxy) is 1. The van der Waals surface area contributed by atoms with Crippen LogP contribution in [0.4, 0.5) is 5.82 Å². The fourth-order valence-electron chi connectivity index (χ4n) is 6.28. The van der Waals surface area contributed by atoms with Crippen molar-refractivity contribution in [3.05, 3.63) is 56.2 Å². The number of thiazole rings is 1. The van der Waals surface area contributed by atoms with Crippen LogP contribution in [0.1, 0.15) is 30.7 Å². The van der Waals surface area contributed by atoms with Gasteiger partial charge in [-0.2, -0.15) is 0 Å². The zero-order chi connectivity index (χ0) is 25.4. The van der Waals surface area contributed by atoms with Crippen LogP contribution < -0.4 is 20.9 Å². The van der Waals surface area contributed by atoms with Crippen molar-refractivity contribution in [3.63, 3.8) is 0 Å². The molecule has 6 rings (SSSR count). The molecular weight excluding hydrogens is 552 g/mol. The maximum Gasteiger partial charge on any atom is 0.275 e. The standard InChI is InChI=1S/C27H35BrN6O2S/c1-32-15-20(14-21(16-32)30-24-23(28)25(35)34-11-13-37-26(34)31-24)19-2-4-22(5-3-19)36-12-10-33-17-27(18-33)6-8-29-9-7-27/h2-5,11,13,20-21,29-30H,6-10,12,14-18H2,1H3/t20-,21+/m0/s1. The molecule has 198 valence electrons. The molecule has 5 heterocycles. The van der Waals surface area contributed by atoms with Gasteiger partial charge in [0.2, 0.25) is 0 Å². The van der Waals surface area contributed by atoms with Crippen LogP contribution in [0.3, 0.4) is 0 Å². The molecule has 8 nitrogen and oxygen atoms in total. The summed E-state index contributed by atoms with van der Waals surface area (Å²) in [5.41, 5.74) is 1.82. The van der Waals surface area contributed by atoms with Crippen LogP contribution >= 0.6 is 27.3 Å². The number of aromatic nitrogens is 2. The fourth-order valence-corrected chi connectivity index (χ4v) is 7.38. The Bertz CT molecular complexity index is 1280. The molecule has 1 spiro atoms. The third kappa shape index (κ3) is 5.45. The minimum atomic E-state index is -0.0787. The van der Waals surface area contributed by atoms with Crippen LogP contribution in [-0.4, -0.2) is 84.7 Å². The number of anilines is 1. The van der Waals surface area contributed by atoms with Gasteiger partial charge in [-0.05, 0) is 84.4 Å². The Hall–Kier alpha value is -1.98. The van der Waals surface area contributed by atoms with Crippen molar-refractivity contribution in [2.45, 2.75) is 31.2 Å². The van der Waals surface area contributed by atoms with E-state index in [9.17, 15) is 4.79 Å². The van der Waals surface area contributed by atoms with Gasteiger partial charge in [0, 0.05) is 50.3 Å². The van der Waals surface area contributed by atoms with Gasteiger partial charge < -0.3 is 20.3 Å². The van der Waals surface area contributed by atoms with Crippen molar-refractivity contribution in [2.24, 2.45) is 5.41 Å². The largest absolute Gasteiger partial charge is 0.492 e. The zero-order valence-electron chi connectivity index (χ0n) is 21.3. The summed E-state index contributed by atoms with van der Waals surface area (Å²) in [6, 6.07) is 8.84. The SMILES string of the molecule is CN1C[C@H](Nc2nc3sccn3c(=O)c2Br)C[C@H](c2ccc(OCCN3CC4(CCNCC4)C3)cc2)C1. The number of nitrogens with zero attached hydrogens (tertiary/aromatic N) is 4. The Morgan fingerprint density at radius 2 is 2.00 bits per heavy atom. The predicted molar refractivity (Wildman–Crippen MR) is 152 cm³/mol. The summed E-state index contributed by atoms with van der Waals surface area (Å²) in [7, 11) is 2.15. The van der Waals surface area contributed by atoms with Gasteiger partial charge >= 0.3 is 0 Å². The maximum absolute atomic E-state index is 12.7. The second kappa shape index (κ2) is 10.6. The van der Waals surface area contributed by atoms with Crippen molar-refractivity contribution >= 4 is 38.0 Å². The third-order valence-electron chi connectivity index (χ3n) is 8.20. The zero-order valence-corrected chi connectivity index (χ0v) is 23.7. The smallest absolute Gasteiger partial charge is 0.275 e. The first-order chi connectivity index (χ1) is 18.0. The van der Waals surface area contributed by atoms with Gasteiger partial charge in [0.25, 0.3) is 5.56 Å². The molecule has 0 saturated carbocycles. The number of likely N-dealkylation sites (tertiary alicyclic amines) is 2. The normalized spacial score (nSPS) is 24.3. The first-order valence-corrected chi connectivity index (χ1v) is 14.9. The van der Waals surface area contributed by atoms with Crippen molar-refractivity contribution in [3.8, 4) is 5.75 Å². The number of hydrogen-bond donors (Lipinski definition) is 2. The highest BCUT2D eigenvalue weighted by atomic mass is 79.9. The number of rotatable bonds is 7. The molecule has 0 bridgehead atoms. The van der Waals surface area contributed by atoms with E-state index >= 15 is 0 Å². The molecule has 2 aromatic heterocycles. The highest BCUT2D eigenvalue weighted by Crippen LogP contribution is 2.38. The Balaban J connectivity index is 1.03. The Morgan fingerprint density at radius 1 is 1.22 bits per heavy atom. The minimum Gasteiger partial charge on any atom is -0.492 e. The molecule has 37 heavy (non-hydrogen) atoms. The van der Waals surface area contributed by atoms with Crippen LogP contribution in [0.15, 0.2) is 45.1 Å². The molecule has 0 radical (unpaired) electrons.